The molecule has 1 aliphatic rings. The van der Waals surface area contributed by atoms with Crippen molar-refractivity contribution < 1.29 is 5.11 Å². The smallest absolute Gasteiger partial charge is 0.332 e. The van der Waals surface area contributed by atoms with Crippen LogP contribution in [0.3, 0.4) is 0 Å². The van der Waals surface area contributed by atoms with Crippen LogP contribution < -0.4 is 16.6 Å². The molecule has 3 rings (SSSR count). The summed E-state index contributed by atoms with van der Waals surface area (Å²) in [4.78, 5) is 32.8. The number of hydrogen-bond acceptors (Lipinski definition) is 6. The lowest BCUT2D eigenvalue weighted by atomic mass is 10.2. The topological polar surface area (TPSA) is 106 Å². The summed E-state index contributed by atoms with van der Waals surface area (Å²) in [5.41, 5.74) is -0.203. The zero-order valence-electron chi connectivity index (χ0n) is 13.9. The number of aliphatic hydroxyl groups is 1. The number of nitrogens with one attached hydrogen (secondary N) is 1. The number of hydrogen-bond donors (Lipinski definition) is 2. The fourth-order valence-electron chi connectivity index (χ4n) is 2.90. The molecule has 130 valence electrons. The van der Waals surface area contributed by atoms with Crippen LogP contribution in [0.5, 0.6) is 0 Å². The first-order chi connectivity index (χ1) is 11.5. The van der Waals surface area contributed by atoms with E-state index < -0.39 is 17.4 Å². The third-order valence-corrected chi connectivity index (χ3v) is 4.29. The van der Waals surface area contributed by atoms with Gasteiger partial charge in [-0.15, -0.1) is 0 Å². The van der Waals surface area contributed by atoms with Gasteiger partial charge in [0.15, 0.2) is 11.2 Å². The Balaban J connectivity index is 1.79. The van der Waals surface area contributed by atoms with Crippen LogP contribution in [-0.4, -0.2) is 48.8 Å². The first-order valence-electron chi connectivity index (χ1n) is 8.05. The van der Waals surface area contributed by atoms with E-state index >= 15 is 0 Å². The molecule has 0 spiro atoms. The van der Waals surface area contributed by atoms with Gasteiger partial charge in [0, 0.05) is 33.6 Å². The van der Waals surface area contributed by atoms with E-state index in [1.165, 1.54) is 17.9 Å². The van der Waals surface area contributed by atoms with Gasteiger partial charge in [-0.1, -0.05) is 0 Å². The second kappa shape index (κ2) is 6.60. The molecular weight excluding hydrogens is 312 g/mol. The quantitative estimate of drug-likeness (QED) is 0.743. The lowest BCUT2D eigenvalue weighted by molar-refractivity contribution is 0.158. The van der Waals surface area contributed by atoms with Crippen molar-refractivity contribution in [1.29, 1.82) is 0 Å². The number of aliphatic imine (C=N–C) groups is 1. The minimum absolute atomic E-state index is 0.213. The Kier molecular flexibility index (Phi) is 4.52. The summed E-state index contributed by atoms with van der Waals surface area (Å²) in [6.45, 7) is 1.39. The Labute approximate surface area is 138 Å². The lowest BCUT2D eigenvalue weighted by Crippen LogP contribution is -2.38. The summed E-state index contributed by atoms with van der Waals surface area (Å²) >= 11 is 0. The number of rotatable bonds is 4. The third-order valence-electron chi connectivity index (χ3n) is 4.29. The third kappa shape index (κ3) is 2.99. The summed E-state index contributed by atoms with van der Waals surface area (Å²) < 4.78 is 3.96. The van der Waals surface area contributed by atoms with Crippen LogP contribution in [0.15, 0.2) is 20.9 Å². The zero-order chi connectivity index (χ0) is 17.3. The van der Waals surface area contributed by atoms with Crippen molar-refractivity contribution in [2.24, 2.45) is 19.1 Å². The summed E-state index contributed by atoms with van der Waals surface area (Å²) in [5.74, 6) is 0.925. The molecule has 0 saturated carbocycles. The molecule has 0 saturated heterocycles. The maximum Gasteiger partial charge on any atom is 0.332 e. The minimum atomic E-state index is -0.700. The first kappa shape index (κ1) is 16.4. The van der Waals surface area contributed by atoms with Crippen molar-refractivity contribution in [3.63, 3.8) is 0 Å². The number of nitrogens with zero attached hydrogens (tertiary/aromatic N) is 5. The zero-order valence-corrected chi connectivity index (χ0v) is 13.9. The Morgan fingerprint density at radius 1 is 1.29 bits per heavy atom. The average Bonchev–Trinajstić information content (AvgIpc) is 3.01. The van der Waals surface area contributed by atoms with Gasteiger partial charge in [0.25, 0.3) is 5.56 Å². The van der Waals surface area contributed by atoms with Crippen molar-refractivity contribution in [3.05, 3.63) is 27.2 Å². The van der Waals surface area contributed by atoms with Crippen molar-refractivity contribution in [1.82, 2.24) is 24.0 Å². The van der Waals surface area contributed by atoms with Gasteiger partial charge in [-0.05, 0) is 12.8 Å². The van der Waals surface area contributed by atoms with Crippen LogP contribution in [0.4, 0.5) is 0 Å². The minimum Gasteiger partial charge on any atom is -0.389 e. The van der Waals surface area contributed by atoms with Crippen LogP contribution in [-0.2, 0) is 20.6 Å². The van der Waals surface area contributed by atoms with E-state index in [0.717, 1.165) is 36.2 Å². The van der Waals surface area contributed by atoms with Crippen LogP contribution in [0.2, 0.25) is 0 Å². The van der Waals surface area contributed by atoms with Gasteiger partial charge in [-0.3, -0.25) is 18.9 Å². The summed E-state index contributed by atoms with van der Waals surface area (Å²) in [6.07, 6.45) is 3.90. The number of aromatic nitrogens is 4. The molecule has 1 unspecified atom stereocenters. The highest BCUT2D eigenvalue weighted by Crippen LogP contribution is 2.07. The van der Waals surface area contributed by atoms with Crippen LogP contribution in [0.25, 0.3) is 11.2 Å². The Bertz CT molecular complexity index is 891. The molecule has 24 heavy (non-hydrogen) atoms. The molecule has 9 heteroatoms. The fraction of sp³-hybridized carbons (Fsp3) is 0.600. The monoisotopic (exact) mass is 334 g/mol. The molecule has 9 nitrogen and oxygen atoms in total. The van der Waals surface area contributed by atoms with E-state index in [-0.39, 0.29) is 6.54 Å². The SMILES string of the molecule is Cn1c(=O)c2c(ncn2CC(O)CNC2=NCCCC2)n(C)c1=O. The number of aryl methyl sites for hydroxylation is 1. The molecule has 0 bridgehead atoms. The average molecular weight is 334 g/mol. The summed E-state index contributed by atoms with van der Waals surface area (Å²) in [6, 6.07) is 0. The second-order valence-corrected chi connectivity index (χ2v) is 6.10. The molecule has 0 fully saturated rings. The molecule has 1 aliphatic heterocycles. The van der Waals surface area contributed by atoms with Gasteiger partial charge in [0.05, 0.1) is 24.8 Å². The maximum absolute atomic E-state index is 12.3. The van der Waals surface area contributed by atoms with E-state index in [1.54, 1.807) is 11.6 Å². The second-order valence-electron chi connectivity index (χ2n) is 6.10. The maximum atomic E-state index is 12.3. The Morgan fingerprint density at radius 3 is 2.79 bits per heavy atom. The van der Waals surface area contributed by atoms with Gasteiger partial charge in [-0.25, -0.2) is 9.78 Å². The number of aliphatic hydroxyl groups excluding tert-OH is 1. The molecule has 2 aromatic heterocycles. The largest absolute Gasteiger partial charge is 0.389 e. The van der Waals surface area contributed by atoms with E-state index in [4.69, 9.17) is 0 Å². The first-order valence-corrected chi connectivity index (χ1v) is 8.05. The molecule has 0 aromatic carbocycles. The van der Waals surface area contributed by atoms with E-state index in [1.807, 2.05) is 0 Å². The van der Waals surface area contributed by atoms with E-state index in [9.17, 15) is 14.7 Å². The standard InChI is InChI=1S/C15H22N6O3/c1-19-13-12(14(23)20(2)15(19)24)21(9-18-13)8-10(22)7-17-11-5-3-4-6-16-11/h9-10,22H,3-8H2,1-2H3,(H,16,17). The highest BCUT2D eigenvalue weighted by Gasteiger charge is 2.16. The number of amidine groups is 1. The molecule has 3 heterocycles. The highest BCUT2D eigenvalue weighted by atomic mass is 16.3. The van der Waals surface area contributed by atoms with Gasteiger partial charge in [0.2, 0.25) is 0 Å². The summed E-state index contributed by atoms with van der Waals surface area (Å²) in [7, 11) is 3.00. The lowest BCUT2D eigenvalue weighted by Gasteiger charge is -2.17. The van der Waals surface area contributed by atoms with E-state index in [0.29, 0.717) is 17.7 Å². The molecule has 1 atom stereocenters. The predicted octanol–water partition coefficient (Wildman–Crippen LogP) is -1.03. The molecular formula is C15H22N6O3. The van der Waals surface area contributed by atoms with Gasteiger partial charge in [0.1, 0.15) is 0 Å². The van der Waals surface area contributed by atoms with Crippen LogP contribution in [0.1, 0.15) is 19.3 Å². The van der Waals surface area contributed by atoms with Crippen molar-refractivity contribution in [2.45, 2.75) is 31.9 Å². The van der Waals surface area contributed by atoms with E-state index in [2.05, 4.69) is 15.3 Å². The van der Waals surface area contributed by atoms with Crippen molar-refractivity contribution in [3.8, 4) is 0 Å². The van der Waals surface area contributed by atoms with Gasteiger partial charge in [-0.2, -0.15) is 0 Å². The summed E-state index contributed by atoms with van der Waals surface area (Å²) in [5, 5.41) is 13.4. The van der Waals surface area contributed by atoms with Crippen LogP contribution in [0, 0.1) is 0 Å². The molecule has 0 aliphatic carbocycles. The molecule has 2 N–H and O–H groups in total. The number of imidazole rings is 1. The molecule has 0 radical (unpaired) electrons. The van der Waals surface area contributed by atoms with Gasteiger partial charge >= 0.3 is 5.69 Å². The normalized spacial score (nSPS) is 16.2. The van der Waals surface area contributed by atoms with Crippen molar-refractivity contribution >= 4 is 17.0 Å². The molecule has 0 amide bonds. The number of fused-ring (bicyclic) bond motifs is 1. The van der Waals surface area contributed by atoms with Crippen molar-refractivity contribution in [2.75, 3.05) is 13.1 Å². The Hall–Kier alpha value is -2.42. The predicted molar refractivity (Wildman–Crippen MR) is 90.4 cm³/mol. The van der Waals surface area contributed by atoms with Crippen LogP contribution >= 0.6 is 0 Å². The van der Waals surface area contributed by atoms with Gasteiger partial charge < -0.3 is 15.0 Å². The Morgan fingerprint density at radius 2 is 2.08 bits per heavy atom. The fourth-order valence-corrected chi connectivity index (χ4v) is 2.90. The molecule has 2 aromatic rings. The highest BCUT2D eigenvalue weighted by molar-refractivity contribution is 5.82.